The molecular weight excluding hydrogens is 430 g/mol. The number of nitrogens with one attached hydrogen (secondary N) is 3. The van der Waals surface area contributed by atoms with E-state index in [-0.39, 0.29) is 17.3 Å². The van der Waals surface area contributed by atoms with Gasteiger partial charge in [-0.3, -0.25) is 15.0 Å². The minimum Gasteiger partial charge on any atom is -0.384 e. The third-order valence-corrected chi connectivity index (χ3v) is 5.51. The molecule has 0 atom stereocenters. The first-order chi connectivity index (χ1) is 15.1. The molecule has 0 heterocycles. The minimum absolute atomic E-state index is 0.00925. The van der Waals surface area contributed by atoms with Crippen molar-refractivity contribution in [2.75, 3.05) is 5.32 Å². The number of nitrogens with two attached hydrogens (primary N) is 2. The second-order valence-corrected chi connectivity index (χ2v) is 8.40. The van der Waals surface area contributed by atoms with Gasteiger partial charge in [0, 0.05) is 23.4 Å². The quantitative estimate of drug-likeness (QED) is 0.217. The first kappa shape index (κ1) is 22.7. The monoisotopic (exact) mass is 451 g/mol. The van der Waals surface area contributed by atoms with Crippen LogP contribution in [-0.4, -0.2) is 26.1 Å². The summed E-state index contributed by atoms with van der Waals surface area (Å²) >= 11 is 0. The third kappa shape index (κ3) is 5.56. The molecule has 0 radical (unpaired) electrons. The van der Waals surface area contributed by atoms with Gasteiger partial charge in [0.05, 0.1) is 4.90 Å². The van der Waals surface area contributed by atoms with Crippen LogP contribution in [-0.2, 0) is 26.2 Å². The molecule has 3 aromatic rings. The number of nitrogen functional groups attached to an aromatic ring is 1. The van der Waals surface area contributed by atoms with Crippen LogP contribution in [0.5, 0.6) is 0 Å². The number of hydrogen-bond acceptors (Lipinski definition) is 5. The highest BCUT2D eigenvalue weighted by Crippen LogP contribution is 2.27. The Balaban J connectivity index is 1.64. The Kier molecular flexibility index (Phi) is 6.67. The maximum atomic E-state index is 12.2. The average Bonchev–Trinajstić information content (AvgIpc) is 2.77. The molecule has 0 unspecified atom stereocenters. The van der Waals surface area contributed by atoms with E-state index in [0.717, 1.165) is 0 Å². The second kappa shape index (κ2) is 9.41. The van der Waals surface area contributed by atoms with Gasteiger partial charge < -0.3 is 16.4 Å². The molecule has 3 aromatic carbocycles. The maximum Gasteiger partial charge on any atom is 0.313 e. The lowest BCUT2D eigenvalue weighted by atomic mass is 10.1. The minimum atomic E-state index is -3.90. The molecule has 0 aliphatic heterocycles. The van der Waals surface area contributed by atoms with Gasteiger partial charge in [-0.25, -0.2) is 13.6 Å². The average molecular weight is 452 g/mol. The molecule has 2 amide bonds. The largest absolute Gasteiger partial charge is 0.384 e. The Morgan fingerprint density at radius 1 is 0.906 bits per heavy atom. The van der Waals surface area contributed by atoms with Gasteiger partial charge in [-0.1, -0.05) is 48.5 Å². The van der Waals surface area contributed by atoms with Crippen molar-refractivity contribution in [2.24, 2.45) is 10.9 Å². The van der Waals surface area contributed by atoms with Crippen molar-refractivity contribution >= 4 is 33.4 Å². The lowest BCUT2D eigenvalue weighted by molar-refractivity contribution is -0.136. The summed E-state index contributed by atoms with van der Waals surface area (Å²) in [4.78, 5) is 24.3. The summed E-state index contributed by atoms with van der Waals surface area (Å²) < 4.78 is 23.6. The zero-order valence-electron chi connectivity index (χ0n) is 16.8. The number of anilines is 1. The lowest BCUT2D eigenvalue weighted by Gasteiger charge is -2.10. The van der Waals surface area contributed by atoms with E-state index in [0.29, 0.717) is 27.9 Å². The van der Waals surface area contributed by atoms with E-state index in [1.807, 2.05) is 0 Å². The van der Waals surface area contributed by atoms with Crippen molar-refractivity contribution in [1.82, 2.24) is 5.32 Å². The topological polar surface area (TPSA) is 168 Å². The van der Waals surface area contributed by atoms with E-state index >= 15 is 0 Å². The van der Waals surface area contributed by atoms with Gasteiger partial charge >= 0.3 is 11.8 Å². The van der Waals surface area contributed by atoms with Crippen molar-refractivity contribution in [3.63, 3.8) is 0 Å². The van der Waals surface area contributed by atoms with Crippen molar-refractivity contribution in [3.05, 3.63) is 83.9 Å². The zero-order chi connectivity index (χ0) is 23.3. The van der Waals surface area contributed by atoms with Gasteiger partial charge in [-0.15, -0.1) is 0 Å². The van der Waals surface area contributed by atoms with Gasteiger partial charge in [0.25, 0.3) is 0 Å². The molecule has 164 valence electrons. The summed E-state index contributed by atoms with van der Waals surface area (Å²) in [5.41, 5.74) is 8.03. The van der Waals surface area contributed by atoms with Gasteiger partial charge in [0.2, 0.25) is 10.0 Å². The van der Waals surface area contributed by atoms with E-state index < -0.39 is 21.8 Å². The number of hydrogen-bond donors (Lipinski definition) is 5. The number of carbonyl (C=O) groups is 2. The fourth-order valence-corrected chi connectivity index (χ4v) is 3.75. The van der Waals surface area contributed by atoms with Gasteiger partial charge in [0.1, 0.15) is 5.84 Å². The Bertz CT molecular complexity index is 1290. The number of sulfonamides is 1. The number of amides is 2. The van der Waals surface area contributed by atoms with Gasteiger partial charge in [0.15, 0.2) is 0 Å². The first-order valence-electron chi connectivity index (χ1n) is 9.40. The summed E-state index contributed by atoms with van der Waals surface area (Å²) in [6, 6.07) is 19.4. The van der Waals surface area contributed by atoms with Crippen LogP contribution in [0.4, 0.5) is 5.69 Å². The molecule has 0 saturated heterocycles. The highest BCUT2D eigenvalue weighted by Gasteiger charge is 2.16. The van der Waals surface area contributed by atoms with Crippen LogP contribution in [0, 0.1) is 5.41 Å². The first-order valence-corrected chi connectivity index (χ1v) is 10.9. The highest BCUT2D eigenvalue weighted by molar-refractivity contribution is 7.89. The van der Waals surface area contributed by atoms with E-state index in [4.69, 9.17) is 16.3 Å². The Morgan fingerprint density at radius 2 is 1.59 bits per heavy atom. The van der Waals surface area contributed by atoms with Crippen molar-refractivity contribution in [3.8, 4) is 11.1 Å². The predicted molar refractivity (Wildman–Crippen MR) is 121 cm³/mol. The number of benzene rings is 3. The van der Waals surface area contributed by atoms with Crippen molar-refractivity contribution in [1.29, 1.82) is 5.41 Å². The third-order valence-electron chi connectivity index (χ3n) is 4.54. The van der Waals surface area contributed by atoms with Crippen molar-refractivity contribution < 1.29 is 18.0 Å². The Morgan fingerprint density at radius 3 is 2.25 bits per heavy atom. The van der Waals surface area contributed by atoms with E-state index in [9.17, 15) is 18.0 Å². The Labute approximate surface area is 185 Å². The Hall–Kier alpha value is -4.02. The zero-order valence-corrected chi connectivity index (χ0v) is 17.6. The van der Waals surface area contributed by atoms with Gasteiger partial charge in [-0.05, 0) is 35.4 Å². The molecule has 0 aliphatic carbocycles. The number of amidine groups is 1. The SMILES string of the molecule is N=C(N)c1cccc(CNC(=O)C(=O)Nc2ccc(-c3ccccc3S(N)(=O)=O)cc2)c1. The van der Waals surface area contributed by atoms with E-state index in [1.165, 1.54) is 6.07 Å². The highest BCUT2D eigenvalue weighted by atomic mass is 32.2. The van der Waals surface area contributed by atoms with Crippen LogP contribution >= 0.6 is 0 Å². The van der Waals surface area contributed by atoms with Crippen LogP contribution in [0.15, 0.2) is 77.7 Å². The molecule has 10 heteroatoms. The van der Waals surface area contributed by atoms with Crippen LogP contribution in [0.2, 0.25) is 0 Å². The molecule has 0 saturated carbocycles. The summed E-state index contributed by atoms with van der Waals surface area (Å²) in [6.45, 7) is 0.0939. The molecule has 9 nitrogen and oxygen atoms in total. The normalized spacial score (nSPS) is 10.9. The van der Waals surface area contributed by atoms with E-state index in [2.05, 4.69) is 10.6 Å². The fourth-order valence-electron chi connectivity index (χ4n) is 2.99. The fraction of sp³-hybridized carbons (Fsp3) is 0.0455. The number of carbonyl (C=O) groups excluding carboxylic acids is 2. The van der Waals surface area contributed by atoms with Crippen LogP contribution in [0.25, 0.3) is 11.1 Å². The molecule has 32 heavy (non-hydrogen) atoms. The molecule has 7 N–H and O–H groups in total. The maximum absolute atomic E-state index is 12.2. The van der Waals surface area contributed by atoms with Crippen LogP contribution in [0.3, 0.4) is 0 Å². The molecule has 0 bridgehead atoms. The van der Waals surface area contributed by atoms with E-state index in [1.54, 1.807) is 66.7 Å². The molecule has 0 spiro atoms. The second-order valence-electron chi connectivity index (χ2n) is 6.87. The molecule has 0 aliphatic rings. The predicted octanol–water partition coefficient (Wildman–Crippen LogP) is 1.54. The summed E-state index contributed by atoms with van der Waals surface area (Å²) in [5.74, 6) is -1.78. The molecular formula is C22H21N5O4S. The smallest absolute Gasteiger partial charge is 0.313 e. The summed E-state index contributed by atoms with van der Waals surface area (Å²) in [6.07, 6.45) is 0. The van der Waals surface area contributed by atoms with Crippen molar-refractivity contribution in [2.45, 2.75) is 11.4 Å². The summed E-state index contributed by atoms with van der Waals surface area (Å²) in [7, 11) is -3.90. The lowest BCUT2D eigenvalue weighted by Crippen LogP contribution is -2.35. The van der Waals surface area contributed by atoms with Gasteiger partial charge in [-0.2, -0.15) is 0 Å². The number of rotatable bonds is 6. The van der Waals surface area contributed by atoms with Crippen LogP contribution in [0.1, 0.15) is 11.1 Å². The molecule has 0 fully saturated rings. The molecule has 0 aromatic heterocycles. The molecule has 3 rings (SSSR count). The summed E-state index contributed by atoms with van der Waals surface area (Å²) in [5, 5.41) is 17.7. The standard InChI is InChI=1S/C22H21N5O4S/c23-20(24)16-5-3-4-14(12-16)13-26-21(28)22(29)27-17-10-8-15(9-11-17)18-6-1-2-7-19(18)32(25,30)31/h1-12H,13H2,(H3,23,24)(H,26,28)(H,27,29)(H2,25,30,31). The van der Waals surface area contributed by atoms with Crippen LogP contribution < -0.4 is 21.5 Å². The number of primary sulfonamides is 1.